The number of carbonyl (C=O) groups excluding carboxylic acids is 1. The molecule has 1 aromatic carbocycles. The lowest BCUT2D eigenvalue weighted by Crippen LogP contribution is -2.14. The molecular formula is C11H11BrN4O. The van der Waals surface area contributed by atoms with E-state index in [-0.39, 0.29) is 11.7 Å². The fourth-order valence-corrected chi connectivity index (χ4v) is 1.88. The predicted molar refractivity (Wildman–Crippen MR) is 67.9 cm³/mol. The zero-order valence-electron chi connectivity index (χ0n) is 9.20. The van der Waals surface area contributed by atoms with Crippen LogP contribution in [0, 0.1) is 0 Å². The van der Waals surface area contributed by atoms with Crippen LogP contribution in [0.5, 0.6) is 0 Å². The minimum Gasteiger partial charge on any atom is -0.319 e. The fraction of sp³-hybridized carbons (Fsp3) is 0.182. The molecule has 0 bridgehead atoms. The molecule has 1 heterocycles. The molecule has 88 valence electrons. The Labute approximate surface area is 107 Å². The summed E-state index contributed by atoms with van der Waals surface area (Å²) in [4.78, 5) is 15.6. The van der Waals surface area contributed by atoms with Crippen LogP contribution in [0.25, 0.3) is 0 Å². The highest BCUT2D eigenvalue weighted by atomic mass is 79.9. The summed E-state index contributed by atoms with van der Waals surface area (Å²) in [6.07, 6.45) is 2.14. The molecule has 5 nitrogen and oxygen atoms in total. The number of aromatic amines is 1. The smallest absolute Gasteiger partial charge is 0.292 e. The Morgan fingerprint density at radius 3 is 3.00 bits per heavy atom. The first-order valence-electron chi connectivity index (χ1n) is 5.16. The van der Waals surface area contributed by atoms with Gasteiger partial charge in [-0.2, -0.15) is 5.10 Å². The molecule has 0 radical (unpaired) electrons. The van der Waals surface area contributed by atoms with Crippen LogP contribution in [0.15, 0.2) is 29.0 Å². The van der Waals surface area contributed by atoms with Crippen LogP contribution in [0.2, 0.25) is 0 Å². The topological polar surface area (TPSA) is 70.7 Å². The number of halogens is 1. The maximum Gasteiger partial charge on any atom is 0.292 e. The molecule has 2 N–H and O–H groups in total. The fourth-order valence-electron chi connectivity index (χ4n) is 1.47. The van der Waals surface area contributed by atoms with E-state index in [1.54, 1.807) is 0 Å². The molecule has 0 saturated carbocycles. The van der Waals surface area contributed by atoms with E-state index < -0.39 is 0 Å². The van der Waals surface area contributed by atoms with Crippen molar-refractivity contribution in [2.75, 3.05) is 5.32 Å². The summed E-state index contributed by atoms with van der Waals surface area (Å²) in [7, 11) is 0. The molecule has 1 aromatic heterocycles. The van der Waals surface area contributed by atoms with Crippen molar-refractivity contribution >= 4 is 27.5 Å². The van der Waals surface area contributed by atoms with E-state index in [4.69, 9.17) is 0 Å². The number of amides is 1. The van der Waals surface area contributed by atoms with Crippen LogP contribution in [-0.2, 0) is 6.42 Å². The summed E-state index contributed by atoms with van der Waals surface area (Å²) < 4.78 is 0.993. The first-order valence-corrected chi connectivity index (χ1v) is 5.95. The molecule has 0 aliphatic rings. The number of rotatable bonds is 3. The van der Waals surface area contributed by atoms with Gasteiger partial charge in [0.05, 0.1) is 0 Å². The van der Waals surface area contributed by atoms with E-state index in [9.17, 15) is 4.79 Å². The molecular weight excluding hydrogens is 284 g/mol. The van der Waals surface area contributed by atoms with Gasteiger partial charge in [0.2, 0.25) is 5.82 Å². The molecule has 17 heavy (non-hydrogen) atoms. The summed E-state index contributed by atoms with van der Waals surface area (Å²) in [6.45, 7) is 2.03. The lowest BCUT2D eigenvalue weighted by molar-refractivity contribution is 0.101. The number of aromatic nitrogens is 3. The Morgan fingerprint density at radius 1 is 1.53 bits per heavy atom. The van der Waals surface area contributed by atoms with Crippen LogP contribution in [0.3, 0.4) is 0 Å². The number of benzene rings is 1. The number of nitrogens with one attached hydrogen (secondary N) is 2. The summed E-state index contributed by atoms with van der Waals surface area (Å²) in [5, 5.41) is 8.96. The van der Waals surface area contributed by atoms with Gasteiger partial charge in [0.1, 0.15) is 6.33 Å². The highest BCUT2D eigenvalue weighted by Gasteiger charge is 2.10. The average molecular weight is 295 g/mol. The highest BCUT2D eigenvalue weighted by Crippen LogP contribution is 2.21. The summed E-state index contributed by atoms with van der Waals surface area (Å²) >= 11 is 3.40. The molecule has 0 atom stereocenters. The third kappa shape index (κ3) is 2.71. The number of H-pyrrole nitrogens is 1. The first kappa shape index (κ1) is 11.8. The quantitative estimate of drug-likeness (QED) is 0.913. The zero-order chi connectivity index (χ0) is 12.3. The lowest BCUT2D eigenvalue weighted by Gasteiger charge is -2.08. The largest absolute Gasteiger partial charge is 0.319 e. The number of anilines is 1. The van der Waals surface area contributed by atoms with Crippen molar-refractivity contribution < 1.29 is 4.79 Å². The van der Waals surface area contributed by atoms with Crippen molar-refractivity contribution in [3.8, 4) is 0 Å². The van der Waals surface area contributed by atoms with Crippen molar-refractivity contribution in [3.05, 3.63) is 40.4 Å². The van der Waals surface area contributed by atoms with Crippen molar-refractivity contribution in [1.82, 2.24) is 15.2 Å². The molecule has 2 rings (SSSR count). The third-order valence-corrected chi connectivity index (χ3v) is 2.82. The van der Waals surface area contributed by atoms with Crippen molar-refractivity contribution in [1.29, 1.82) is 0 Å². The van der Waals surface area contributed by atoms with Gasteiger partial charge in [-0.15, -0.1) is 0 Å². The van der Waals surface area contributed by atoms with Gasteiger partial charge < -0.3 is 5.32 Å². The molecule has 0 saturated heterocycles. The average Bonchev–Trinajstić information content (AvgIpc) is 2.85. The zero-order valence-corrected chi connectivity index (χ0v) is 10.8. The van der Waals surface area contributed by atoms with Crippen LogP contribution in [0.4, 0.5) is 5.69 Å². The predicted octanol–water partition coefficient (Wildman–Crippen LogP) is 2.38. The molecule has 0 aliphatic heterocycles. The Bertz CT molecular complexity index is 524. The van der Waals surface area contributed by atoms with E-state index >= 15 is 0 Å². The molecule has 0 aliphatic carbocycles. The Balaban J connectivity index is 2.21. The van der Waals surface area contributed by atoms with Crippen molar-refractivity contribution in [3.63, 3.8) is 0 Å². The highest BCUT2D eigenvalue weighted by molar-refractivity contribution is 9.10. The Kier molecular flexibility index (Phi) is 3.53. The standard InChI is InChI=1S/C11H11BrN4O/c1-2-7-5-8(12)3-4-9(7)15-11(17)10-13-6-14-16-10/h3-6H,2H2,1H3,(H,15,17)(H,13,14,16). The first-order chi connectivity index (χ1) is 8.20. The molecule has 6 heteroatoms. The van der Waals surface area contributed by atoms with Gasteiger partial charge in [0, 0.05) is 10.2 Å². The monoisotopic (exact) mass is 294 g/mol. The number of hydrogen-bond donors (Lipinski definition) is 2. The van der Waals surface area contributed by atoms with Crippen LogP contribution in [-0.4, -0.2) is 21.1 Å². The van der Waals surface area contributed by atoms with Crippen molar-refractivity contribution in [2.45, 2.75) is 13.3 Å². The van der Waals surface area contributed by atoms with Gasteiger partial charge in [-0.25, -0.2) is 4.98 Å². The van der Waals surface area contributed by atoms with Gasteiger partial charge in [0.25, 0.3) is 5.91 Å². The van der Waals surface area contributed by atoms with E-state index in [0.717, 1.165) is 22.1 Å². The summed E-state index contributed by atoms with van der Waals surface area (Å²) in [6, 6.07) is 5.72. The lowest BCUT2D eigenvalue weighted by atomic mass is 10.1. The van der Waals surface area contributed by atoms with Crippen LogP contribution >= 0.6 is 15.9 Å². The summed E-state index contributed by atoms with van der Waals surface area (Å²) in [5.74, 6) is -0.0884. The minimum absolute atomic E-state index is 0.204. The second-order valence-corrected chi connectivity index (χ2v) is 4.36. The SMILES string of the molecule is CCc1cc(Br)ccc1NC(=O)c1ncn[nH]1. The Morgan fingerprint density at radius 2 is 2.35 bits per heavy atom. The number of hydrogen-bond acceptors (Lipinski definition) is 3. The molecule has 0 unspecified atom stereocenters. The minimum atomic E-state index is -0.292. The second kappa shape index (κ2) is 5.09. The van der Waals surface area contributed by atoms with Gasteiger partial charge >= 0.3 is 0 Å². The molecule has 0 spiro atoms. The third-order valence-electron chi connectivity index (χ3n) is 2.33. The maximum absolute atomic E-state index is 11.8. The number of aryl methyl sites for hydroxylation is 1. The van der Waals surface area contributed by atoms with E-state index in [2.05, 4.69) is 36.4 Å². The van der Waals surface area contributed by atoms with Gasteiger partial charge in [-0.1, -0.05) is 22.9 Å². The number of nitrogens with zero attached hydrogens (tertiary/aromatic N) is 2. The Hall–Kier alpha value is -1.69. The van der Waals surface area contributed by atoms with Crippen LogP contribution < -0.4 is 5.32 Å². The number of carbonyl (C=O) groups is 1. The van der Waals surface area contributed by atoms with Gasteiger partial charge in [-0.3, -0.25) is 9.89 Å². The van der Waals surface area contributed by atoms with Crippen LogP contribution in [0.1, 0.15) is 23.1 Å². The second-order valence-electron chi connectivity index (χ2n) is 3.44. The molecule has 1 amide bonds. The maximum atomic E-state index is 11.8. The van der Waals surface area contributed by atoms with Crippen molar-refractivity contribution in [2.24, 2.45) is 0 Å². The van der Waals surface area contributed by atoms with E-state index in [0.29, 0.717) is 0 Å². The van der Waals surface area contributed by atoms with E-state index in [1.165, 1.54) is 6.33 Å². The summed E-state index contributed by atoms with van der Waals surface area (Å²) in [5.41, 5.74) is 1.85. The molecule has 0 fully saturated rings. The molecule has 2 aromatic rings. The normalized spacial score (nSPS) is 10.2. The van der Waals surface area contributed by atoms with E-state index in [1.807, 2.05) is 25.1 Å². The van der Waals surface area contributed by atoms with Gasteiger partial charge in [-0.05, 0) is 30.2 Å². The van der Waals surface area contributed by atoms with Gasteiger partial charge in [0.15, 0.2) is 0 Å².